The van der Waals surface area contributed by atoms with E-state index in [0.717, 1.165) is 4.90 Å². The van der Waals surface area contributed by atoms with Gasteiger partial charge in [0.1, 0.15) is 5.60 Å². The summed E-state index contributed by atoms with van der Waals surface area (Å²) in [6.07, 6.45) is 1.26. The van der Waals surface area contributed by atoms with Crippen molar-refractivity contribution in [3.63, 3.8) is 0 Å². The molecule has 0 fully saturated rings. The quantitative estimate of drug-likeness (QED) is 0.593. The smallest absolute Gasteiger partial charge is 0.320 e. The Balaban J connectivity index is 4.53. The molecule has 0 amide bonds. The minimum atomic E-state index is -1.19. The highest BCUT2D eigenvalue weighted by Gasteiger charge is 2.26. The number of hydrogen-bond acceptors (Lipinski definition) is 5. The molecule has 0 aromatic heterocycles. The summed E-state index contributed by atoms with van der Waals surface area (Å²) in [7, 11) is 0. The molecule has 110 valence electrons. The van der Waals surface area contributed by atoms with E-state index in [1.807, 2.05) is 13.8 Å². The number of nitrogens with zero attached hydrogens (tertiary/aromatic N) is 1. The van der Waals surface area contributed by atoms with Crippen LogP contribution in [0.25, 0.3) is 0 Å². The second-order valence-electron chi connectivity index (χ2n) is 4.56. The molecule has 7 nitrogen and oxygen atoms in total. The topological polar surface area (TPSA) is 104 Å². The molecular weight excluding hydrogens is 254 g/mol. The van der Waals surface area contributed by atoms with Crippen molar-refractivity contribution in [3.05, 3.63) is 0 Å². The van der Waals surface area contributed by atoms with Gasteiger partial charge in [-0.2, -0.15) is 0 Å². The molecule has 0 aliphatic carbocycles. The molecule has 0 unspecified atom stereocenters. The molecule has 19 heavy (non-hydrogen) atoms. The van der Waals surface area contributed by atoms with Gasteiger partial charge in [-0.1, -0.05) is 13.8 Å². The van der Waals surface area contributed by atoms with E-state index in [2.05, 4.69) is 0 Å². The molecule has 0 saturated carbocycles. The van der Waals surface area contributed by atoms with Crippen LogP contribution in [-0.4, -0.2) is 58.3 Å². The van der Waals surface area contributed by atoms with Crippen molar-refractivity contribution in [2.45, 2.75) is 39.2 Å². The van der Waals surface area contributed by atoms with Crippen molar-refractivity contribution in [1.82, 2.24) is 4.90 Å². The van der Waals surface area contributed by atoms with Crippen LogP contribution in [0.1, 0.15) is 33.6 Å². The van der Waals surface area contributed by atoms with E-state index in [-0.39, 0.29) is 6.54 Å². The van der Waals surface area contributed by atoms with Crippen LogP contribution in [0.3, 0.4) is 0 Å². The predicted octanol–water partition coefficient (Wildman–Crippen LogP) is 0.580. The van der Waals surface area contributed by atoms with Crippen LogP contribution in [0.5, 0.6) is 0 Å². The SMILES string of the molecule is CCC(C)(CC)OC(=O)CN(CC(=O)O)CC(=O)O. The zero-order chi connectivity index (χ0) is 15.1. The zero-order valence-corrected chi connectivity index (χ0v) is 11.5. The first-order chi connectivity index (χ1) is 8.72. The Morgan fingerprint density at radius 3 is 1.74 bits per heavy atom. The van der Waals surface area contributed by atoms with Crippen molar-refractivity contribution in [2.24, 2.45) is 0 Å². The Kier molecular flexibility index (Phi) is 7.06. The third-order valence-corrected chi connectivity index (χ3v) is 2.93. The number of esters is 1. The van der Waals surface area contributed by atoms with Crippen LogP contribution >= 0.6 is 0 Å². The monoisotopic (exact) mass is 275 g/mol. The van der Waals surface area contributed by atoms with Gasteiger partial charge in [-0.25, -0.2) is 0 Å². The first-order valence-electron chi connectivity index (χ1n) is 6.10. The van der Waals surface area contributed by atoms with Crippen LogP contribution < -0.4 is 0 Å². The molecule has 7 heteroatoms. The number of carboxylic acids is 2. The Morgan fingerprint density at radius 2 is 1.42 bits per heavy atom. The first kappa shape index (κ1) is 17.4. The van der Waals surface area contributed by atoms with Gasteiger partial charge >= 0.3 is 17.9 Å². The summed E-state index contributed by atoms with van der Waals surface area (Å²) in [5.41, 5.74) is -0.602. The maximum Gasteiger partial charge on any atom is 0.320 e. The third kappa shape index (κ3) is 7.40. The van der Waals surface area contributed by atoms with Crippen LogP contribution in [-0.2, 0) is 19.1 Å². The summed E-state index contributed by atoms with van der Waals surface area (Å²) in [4.78, 5) is 33.9. The van der Waals surface area contributed by atoms with E-state index in [0.29, 0.717) is 12.8 Å². The van der Waals surface area contributed by atoms with E-state index in [9.17, 15) is 14.4 Å². The Bertz CT molecular complexity index is 321. The zero-order valence-electron chi connectivity index (χ0n) is 11.5. The second kappa shape index (κ2) is 7.73. The van der Waals surface area contributed by atoms with Crippen molar-refractivity contribution >= 4 is 17.9 Å². The summed E-state index contributed by atoms with van der Waals surface area (Å²) in [5.74, 6) is -3.00. The summed E-state index contributed by atoms with van der Waals surface area (Å²) >= 11 is 0. The second-order valence-corrected chi connectivity index (χ2v) is 4.56. The fourth-order valence-corrected chi connectivity index (χ4v) is 1.43. The van der Waals surface area contributed by atoms with Gasteiger partial charge in [0.05, 0.1) is 19.6 Å². The molecule has 0 aromatic rings. The summed E-state index contributed by atoms with van der Waals surface area (Å²) in [6.45, 7) is 4.15. The van der Waals surface area contributed by atoms with E-state index < -0.39 is 36.6 Å². The van der Waals surface area contributed by atoms with Gasteiger partial charge in [-0.05, 0) is 19.8 Å². The normalized spacial score (nSPS) is 11.4. The number of hydrogen-bond donors (Lipinski definition) is 2. The number of aliphatic carboxylic acids is 2. The first-order valence-corrected chi connectivity index (χ1v) is 6.10. The standard InChI is InChI=1S/C12H21NO6/c1-4-12(3,5-2)19-11(18)8-13(6-9(14)15)7-10(16)17/h4-8H2,1-3H3,(H,14,15)(H,16,17). The lowest BCUT2D eigenvalue weighted by Gasteiger charge is -2.28. The molecule has 0 aliphatic heterocycles. The molecule has 0 aliphatic rings. The van der Waals surface area contributed by atoms with Gasteiger partial charge in [0, 0.05) is 0 Å². The van der Waals surface area contributed by atoms with Crippen LogP contribution in [0.2, 0.25) is 0 Å². The van der Waals surface area contributed by atoms with E-state index in [1.165, 1.54) is 0 Å². The molecule has 0 spiro atoms. The highest BCUT2D eigenvalue weighted by atomic mass is 16.6. The molecule has 0 bridgehead atoms. The summed E-state index contributed by atoms with van der Waals surface area (Å²) < 4.78 is 5.26. The Labute approximate surface area is 112 Å². The lowest BCUT2D eigenvalue weighted by molar-refractivity contribution is -0.161. The maximum absolute atomic E-state index is 11.7. The van der Waals surface area contributed by atoms with Gasteiger partial charge in [0.2, 0.25) is 0 Å². The van der Waals surface area contributed by atoms with E-state index in [4.69, 9.17) is 14.9 Å². The van der Waals surface area contributed by atoms with Crippen LogP contribution in [0, 0.1) is 0 Å². The highest BCUT2D eigenvalue weighted by Crippen LogP contribution is 2.19. The average molecular weight is 275 g/mol. The van der Waals surface area contributed by atoms with Gasteiger partial charge < -0.3 is 14.9 Å². The summed E-state index contributed by atoms with van der Waals surface area (Å²) in [5, 5.41) is 17.3. The molecule has 0 aromatic carbocycles. The Morgan fingerprint density at radius 1 is 1.00 bits per heavy atom. The van der Waals surface area contributed by atoms with Gasteiger partial charge in [-0.3, -0.25) is 19.3 Å². The molecule has 0 atom stereocenters. The lowest BCUT2D eigenvalue weighted by atomic mass is 10.0. The van der Waals surface area contributed by atoms with Gasteiger partial charge in [-0.15, -0.1) is 0 Å². The predicted molar refractivity (Wildman–Crippen MR) is 66.8 cm³/mol. The largest absolute Gasteiger partial charge is 0.480 e. The van der Waals surface area contributed by atoms with Crippen molar-refractivity contribution in [1.29, 1.82) is 0 Å². The fraction of sp³-hybridized carbons (Fsp3) is 0.750. The summed E-state index contributed by atoms with van der Waals surface area (Å²) in [6, 6.07) is 0. The molecular formula is C12H21NO6. The minimum Gasteiger partial charge on any atom is -0.480 e. The maximum atomic E-state index is 11.7. The van der Waals surface area contributed by atoms with Crippen LogP contribution in [0.15, 0.2) is 0 Å². The number of carboxylic acid groups (broad SMARTS) is 2. The molecule has 0 rings (SSSR count). The number of rotatable bonds is 9. The van der Waals surface area contributed by atoms with Crippen molar-refractivity contribution in [3.8, 4) is 0 Å². The van der Waals surface area contributed by atoms with Crippen molar-refractivity contribution < 1.29 is 29.3 Å². The van der Waals surface area contributed by atoms with Crippen LogP contribution in [0.4, 0.5) is 0 Å². The van der Waals surface area contributed by atoms with Gasteiger partial charge in [0.25, 0.3) is 0 Å². The fourth-order valence-electron chi connectivity index (χ4n) is 1.43. The lowest BCUT2D eigenvalue weighted by Crippen LogP contribution is -2.41. The van der Waals surface area contributed by atoms with Crippen molar-refractivity contribution in [2.75, 3.05) is 19.6 Å². The van der Waals surface area contributed by atoms with Gasteiger partial charge in [0.15, 0.2) is 0 Å². The number of carbonyl (C=O) groups is 3. The third-order valence-electron chi connectivity index (χ3n) is 2.93. The van der Waals surface area contributed by atoms with E-state index >= 15 is 0 Å². The highest BCUT2D eigenvalue weighted by molar-refractivity contribution is 5.76. The molecule has 0 radical (unpaired) electrons. The molecule has 0 saturated heterocycles. The number of ether oxygens (including phenoxy) is 1. The average Bonchev–Trinajstić information content (AvgIpc) is 2.26. The minimum absolute atomic E-state index is 0.353. The van der Waals surface area contributed by atoms with E-state index in [1.54, 1.807) is 6.92 Å². The molecule has 0 heterocycles. The molecule has 2 N–H and O–H groups in total. The Hall–Kier alpha value is -1.63. The number of carbonyl (C=O) groups excluding carboxylic acids is 1.